The van der Waals surface area contributed by atoms with Crippen molar-refractivity contribution in [1.29, 1.82) is 0 Å². The number of fused-ring (bicyclic) bond motifs is 1. The second-order valence-corrected chi connectivity index (χ2v) is 9.64. The third kappa shape index (κ3) is 5.09. The maximum atomic E-state index is 12.7. The molecule has 0 radical (unpaired) electrons. The maximum absolute atomic E-state index is 12.7. The summed E-state index contributed by atoms with van der Waals surface area (Å²) in [5.74, 6) is -1.71. The number of carbonyl (C=O) groups excluding carboxylic acids is 2. The lowest BCUT2D eigenvalue weighted by Crippen LogP contribution is -2.22. The lowest BCUT2D eigenvalue weighted by atomic mass is 10.1. The number of nitro benzene ring substituents is 2. The molecule has 0 saturated heterocycles. The molecular formula is C18H14N4O9S2. The summed E-state index contributed by atoms with van der Waals surface area (Å²) in [7, 11) is -2.38. The van der Waals surface area contributed by atoms with Crippen LogP contribution in [0.25, 0.3) is 10.2 Å². The van der Waals surface area contributed by atoms with Gasteiger partial charge >= 0.3 is 5.97 Å². The average Bonchev–Trinajstić information content (AvgIpc) is 3.08. The van der Waals surface area contributed by atoms with E-state index in [-0.39, 0.29) is 16.2 Å². The lowest BCUT2D eigenvalue weighted by Gasteiger charge is -2.04. The molecule has 3 aromatic rings. The van der Waals surface area contributed by atoms with E-state index in [0.29, 0.717) is 16.3 Å². The van der Waals surface area contributed by atoms with E-state index in [1.807, 2.05) is 0 Å². The number of thiazole rings is 1. The molecule has 0 bridgehead atoms. The van der Waals surface area contributed by atoms with Gasteiger partial charge in [0.15, 0.2) is 14.6 Å². The number of sulfone groups is 1. The molecule has 172 valence electrons. The summed E-state index contributed by atoms with van der Waals surface area (Å²) >= 11 is 0.886. The van der Waals surface area contributed by atoms with E-state index in [9.17, 15) is 38.2 Å². The summed E-state index contributed by atoms with van der Waals surface area (Å²) in [4.78, 5) is 48.9. The van der Waals surface area contributed by atoms with Crippen LogP contribution in [0.3, 0.4) is 0 Å². The van der Waals surface area contributed by atoms with Crippen LogP contribution in [0.15, 0.2) is 46.3 Å². The van der Waals surface area contributed by atoms with E-state index in [1.165, 1.54) is 22.8 Å². The number of non-ortho nitro benzene ring substituents is 2. The third-order valence-corrected chi connectivity index (χ3v) is 6.52. The number of hydrogen-bond donors (Lipinski definition) is 0. The van der Waals surface area contributed by atoms with Crippen LogP contribution >= 0.6 is 11.3 Å². The molecule has 0 aliphatic heterocycles. The third-order valence-electron chi connectivity index (χ3n) is 4.37. The fourth-order valence-electron chi connectivity index (χ4n) is 2.80. The van der Waals surface area contributed by atoms with Gasteiger partial charge in [-0.2, -0.15) is 4.99 Å². The van der Waals surface area contributed by atoms with Crippen LogP contribution in [-0.2, 0) is 25.9 Å². The zero-order valence-corrected chi connectivity index (χ0v) is 18.6. The highest BCUT2D eigenvalue weighted by Gasteiger charge is 2.21. The van der Waals surface area contributed by atoms with Gasteiger partial charge in [0, 0.05) is 18.4 Å². The predicted molar refractivity (Wildman–Crippen MR) is 115 cm³/mol. The van der Waals surface area contributed by atoms with Crippen molar-refractivity contribution in [2.45, 2.75) is 11.4 Å². The average molecular weight is 494 g/mol. The summed E-state index contributed by atoms with van der Waals surface area (Å²) in [6, 6.07) is 6.52. The van der Waals surface area contributed by atoms with Crippen LogP contribution in [-0.4, -0.2) is 48.1 Å². The van der Waals surface area contributed by atoms with E-state index in [4.69, 9.17) is 0 Å². The first kappa shape index (κ1) is 23.7. The van der Waals surface area contributed by atoms with Crippen LogP contribution in [0, 0.1) is 20.2 Å². The monoisotopic (exact) mass is 494 g/mol. The van der Waals surface area contributed by atoms with Gasteiger partial charge in [-0.25, -0.2) is 8.42 Å². The molecule has 0 atom stereocenters. The Morgan fingerprint density at radius 3 is 2.21 bits per heavy atom. The molecular weight excluding hydrogens is 480 g/mol. The van der Waals surface area contributed by atoms with E-state index in [2.05, 4.69) is 9.73 Å². The van der Waals surface area contributed by atoms with Gasteiger partial charge < -0.3 is 9.30 Å². The highest BCUT2D eigenvalue weighted by molar-refractivity contribution is 7.90. The molecule has 2 aromatic carbocycles. The summed E-state index contributed by atoms with van der Waals surface area (Å²) in [5.41, 5.74) is -1.36. The maximum Gasteiger partial charge on any atom is 0.325 e. The van der Waals surface area contributed by atoms with Crippen molar-refractivity contribution in [2.24, 2.45) is 4.99 Å². The first-order valence-corrected chi connectivity index (χ1v) is 11.5. The number of nitrogens with zero attached hydrogens (tertiary/aromatic N) is 4. The molecule has 15 heteroatoms. The van der Waals surface area contributed by atoms with Crippen molar-refractivity contribution in [3.63, 3.8) is 0 Å². The van der Waals surface area contributed by atoms with Gasteiger partial charge in [-0.15, -0.1) is 0 Å². The Labute approximate surface area is 188 Å². The first-order chi connectivity index (χ1) is 15.4. The number of rotatable bonds is 6. The Morgan fingerprint density at radius 2 is 1.70 bits per heavy atom. The van der Waals surface area contributed by atoms with E-state index in [0.717, 1.165) is 36.8 Å². The van der Waals surface area contributed by atoms with Gasteiger partial charge in [0.05, 0.1) is 43.7 Å². The Morgan fingerprint density at radius 1 is 1.09 bits per heavy atom. The van der Waals surface area contributed by atoms with Crippen molar-refractivity contribution >= 4 is 54.6 Å². The molecule has 1 amide bonds. The Hall–Kier alpha value is -3.98. The first-order valence-electron chi connectivity index (χ1n) is 8.84. The normalized spacial score (nSPS) is 12.0. The molecule has 13 nitrogen and oxygen atoms in total. The minimum Gasteiger partial charge on any atom is -0.468 e. The summed E-state index contributed by atoms with van der Waals surface area (Å²) in [6.45, 7) is -0.365. The van der Waals surface area contributed by atoms with Crippen LogP contribution < -0.4 is 4.80 Å². The number of hydrogen-bond acceptors (Lipinski definition) is 10. The second-order valence-electron chi connectivity index (χ2n) is 6.62. The summed E-state index contributed by atoms with van der Waals surface area (Å²) in [6.07, 6.45) is 1.02. The Kier molecular flexibility index (Phi) is 6.37. The molecule has 0 aliphatic carbocycles. The molecule has 0 aliphatic rings. The van der Waals surface area contributed by atoms with Crippen LogP contribution in [0.2, 0.25) is 0 Å². The number of ether oxygens (including phenoxy) is 1. The molecule has 0 unspecified atom stereocenters. The number of carbonyl (C=O) groups is 2. The minimum atomic E-state index is -3.54. The highest BCUT2D eigenvalue weighted by Crippen LogP contribution is 2.24. The van der Waals surface area contributed by atoms with Crippen molar-refractivity contribution in [1.82, 2.24) is 4.57 Å². The van der Waals surface area contributed by atoms with Gasteiger partial charge in [-0.1, -0.05) is 11.3 Å². The number of methoxy groups -OCH3 is 1. The van der Waals surface area contributed by atoms with Crippen molar-refractivity contribution in [3.05, 3.63) is 67.0 Å². The van der Waals surface area contributed by atoms with E-state index >= 15 is 0 Å². The van der Waals surface area contributed by atoms with Crippen molar-refractivity contribution in [2.75, 3.05) is 13.4 Å². The molecule has 1 heterocycles. The fraction of sp³-hybridized carbons (Fsp3) is 0.167. The number of benzene rings is 2. The zero-order valence-electron chi connectivity index (χ0n) is 17.0. The quantitative estimate of drug-likeness (QED) is 0.280. The number of aromatic nitrogens is 1. The number of amides is 1. The molecule has 3 rings (SSSR count). The van der Waals surface area contributed by atoms with Crippen molar-refractivity contribution in [3.8, 4) is 0 Å². The van der Waals surface area contributed by atoms with Crippen LogP contribution in [0.4, 0.5) is 11.4 Å². The molecule has 33 heavy (non-hydrogen) atoms. The Bertz CT molecular complexity index is 1470. The van der Waals surface area contributed by atoms with Gasteiger partial charge in [0.2, 0.25) is 0 Å². The molecule has 0 saturated carbocycles. The number of nitro groups is 2. The molecule has 0 N–H and O–H groups in total. The highest BCUT2D eigenvalue weighted by atomic mass is 32.2. The van der Waals surface area contributed by atoms with Gasteiger partial charge in [0.1, 0.15) is 6.54 Å². The van der Waals surface area contributed by atoms with Crippen LogP contribution in [0.1, 0.15) is 10.4 Å². The largest absolute Gasteiger partial charge is 0.468 e. The molecule has 1 aromatic heterocycles. The number of esters is 1. The summed E-state index contributed by atoms with van der Waals surface area (Å²) in [5, 5.41) is 22.2. The molecule has 0 spiro atoms. The van der Waals surface area contributed by atoms with Gasteiger partial charge in [-0.05, 0) is 18.2 Å². The zero-order chi connectivity index (χ0) is 24.5. The SMILES string of the molecule is COC(=O)Cn1c(=NC(=O)c2cc([N+](=O)[O-])cc([N+](=O)[O-])c2)sc2cc(S(C)(=O)=O)ccc21. The van der Waals surface area contributed by atoms with E-state index in [1.54, 1.807) is 0 Å². The summed E-state index contributed by atoms with van der Waals surface area (Å²) < 4.78 is 30.1. The predicted octanol–water partition coefficient (Wildman–Crippen LogP) is 1.84. The standard InChI is InChI=1S/C18H14N4O9S2/c1-31-16(23)9-20-14-4-3-13(33(2,29)30)8-15(14)32-18(20)19-17(24)10-5-11(21(25)26)7-12(6-10)22(27)28/h3-8H,9H2,1-2H3. The molecule has 0 fully saturated rings. The smallest absolute Gasteiger partial charge is 0.325 e. The second kappa shape index (κ2) is 8.87. The van der Waals surface area contributed by atoms with Gasteiger partial charge in [0.25, 0.3) is 17.3 Å². The minimum absolute atomic E-state index is 0.00801. The van der Waals surface area contributed by atoms with Crippen LogP contribution in [0.5, 0.6) is 0 Å². The fourth-order valence-corrected chi connectivity index (χ4v) is 4.59. The lowest BCUT2D eigenvalue weighted by molar-refractivity contribution is -0.394. The van der Waals surface area contributed by atoms with E-state index < -0.39 is 48.5 Å². The topological polar surface area (TPSA) is 181 Å². The Balaban J connectivity index is 2.23. The van der Waals surface area contributed by atoms with Gasteiger partial charge in [-0.3, -0.25) is 29.8 Å². The van der Waals surface area contributed by atoms with Crippen molar-refractivity contribution < 1.29 is 32.6 Å².